The summed E-state index contributed by atoms with van der Waals surface area (Å²) >= 11 is 0. The summed E-state index contributed by atoms with van der Waals surface area (Å²) in [5.74, 6) is -0.343. The summed E-state index contributed by atoms with van der Waals surface area (Å²) < 4.78 is 13.5. The molecule has 3 nitrogen and oxygen atoms in total. The Morgan fingerprint density at radius 1 is 0.478 bits per heavy atom. The summed E-state index contributed by atoms with van der Waals surface area (Å²) in [6.07, 6.45) is 55.5. The first-order chi connectivity index (χ1) is 22.7. The van der Waals surface area contributed by atoms with E-state index < -0.39 is 0 Å². The van der Waals surface area contributed by atoms with E-state index in [-0.39, 0.29) is 24.0 Å². The van der Waals surface area contributed by atoms with E-state index in [9.17, 15) is 0 Å². The molecule has 3 atom stereocenters. The number of rotatable bonds is 30. The maximum atomic E-state index is 6.75. The molecule has 1 aliphatic heterocycles. The summed E-state index contributed by atoms with van der Waals surface area (Å²) in [4.78, 5) is 0. The fraction of sp³-hybridized carbons (Fsp3) is 0.814. The lowest BCUT2D eigenvalue weighted by Crippen LogP contribution is -2.38. The molecule has 0 unspecified atom stereocenters. The Bertz CT molecular complexity index is 751. The molecule has 2 aliphatic rings. The van der Waals surface area contributed by atoms with E-state index >= 15 is 0 Å². The van der Waals surface area contributed by atoms with Crippen LogP contribution in [0.4, 0.5) is 0 Å². The lowest BCUT2D eigenvalue weighted by atomic mass is 9.91. The van der Waals surface area contributed by atoms with E-state index in [2.05, 4.69) is 62.5 Å². The lowest BCUT2D eigenvalue weighted by molar-refractivity contribution is -0.186. The molecule has 3 heteroatoms. The summed E-state index contributed by atoms with van der Waals surface area (Å²) in [6, 6.07) is 0.282. The highest BCUT2D eigenvalue weighted by Crippen LogP contribution is 2.42. The maximum Gasteiger partial charge on any atom is 0.169 e. The first-order valence-corrected chi connectivity index (χ1v) is 20.4. The molecule has 0 aromatic heterocycles. The van der Waals surface area contributed by atoms with Gasteiger partial charge in [-0.25, -0.2) is 0 Å². The van der Waals surface area contributed by atoms with Gasteiger partial charge in [-0.2, -0.15) is 0 Å². The topological polar surface area (TPSA) is 44.5 Å². The van der Waals surface area contributed by atoms with Crippen molar-refractivity contribution >= 4 is 0 Å². The van der Waals surface area contributed by atoms with Crippen molar-refractivity contribution in [1.29, 1.82) is 0 Å². The van der Waals surface area contributed by atoms with Gasteiger partial charge in [-0.15, -0.1) is 0 Å². The van der Waals surface area contributed by atoms with Crippen LogP contribution in [-0.4, -0.2) is 24.0 Å². The Balaban J connectivity index is 1.53. The van der Waals surface area contributed by atoms with Gasteiger partial charge in [0.1, 0.15) is 0 Å². The average Bonchev–Trinajstić information content (AvgIpc) is 3.41. The van der Waals surface area contributed by atoms with E-state index in [1.165, 1.54) is 141 Å². The Labute approximate surface area is 287 Å². The zero-order valence-electron chi connectivity index (χ0n) is 30.8. The molecule has 1 saturated heterocycles. The Morgan fingerprint density at radius 2 is 0.870 bits per heavy atom. The van der Waals surface area contributed by atoms with Gasteiger partial charge in [0.2, 0.25) is 0 Å². The zero-order valence-corrected chi connectivity index (χ0v) is 30.8. The van der Waals surface area contributed by atoms with E-state index in [0.717, 1.165) is 44.9 Å². The maximum absolute atomic E-state index is 6.75. The minimum atomic E-state index is -0.343. The van der Waals surface area contributed by atoms with E-state index in [1.54, 1.807) is 0 Å². The second-order valence-corrected chi connectivity index (χ2v) is 14.5. The molecule has 266 valence electrons. The third kappa shape index (κ3) is 20.9. The van der Waals surface area contributed by atoms with Crippen LogP contribution in [0.3, 0.4) is 0 Å². The molecule has 0 amide bonds. The third-order valence-electron chi connectivity index (χ3n) is 10.0. The summed E-state index contributed by atoms with van der Waals surface area (Å²) in [7, 11) is 0. The predicted octanol–water partition coefficient (Wildman–Crippen LogP) is 13.4. The van der Waals surface area contributed by atoms with Crippen LogP contribution in [0.1, 0.15) is 200 Å². The Hall–Kier alpha value is -1.16. The lowest BCUT2D eigenvalue weighted by Gasteiger charge is -2.28. The summed E-state index contributed by atoms with van der Waals surface area (Å²) in [5.41, 5.74) is 6.31. The SMILES string of the molecule is CCCCC/C=C\C/C=C\CCCCCCCCC1(CCCCCCCC/C=C\C/C=C\CCCCC)O[C@H]2C[C@@H](N)CC[C@H]2O1. The number of ether oxygens (including phenoxy) is 2. The number of fused-ring (bicyclic) bond motifs is 1. The van der Waals surface area contributed by atoms with Crippen molar-refractivity contribution in [3.8, 4) is 0 Å². The molecule has 1 heterocycles. The van der Waals surface area contributed by atoms with Crippen LogP contribution in [0.25, 0.3) is 0 Å². The van der Waals surface area contributed by atoms with Gasteiger partial charge >= 0.3 is 0 Å². The fourth-order valence-corrected chi connectivity index (χ4v) is 7.10. The van der Waals surface area contributed by atoms with E-state index in [4.69, 9.17) is 15.2 Å². The first kappa shape index (κ1) is 41.0. The summed E-state index contributed by atoms with van der Waals surface area (Å²) in [5, 5.41) is 0. The Morgan fingerprint density at radius 3 is 1.33 bits per heavy atom. The van der Waals surface area contributed by atoms with Crippen LogP contribution in [0.2, 0.25) is 0 Å². The van der Waals surface area contributed by atoms with Crippen LogP contribution >= 0.6 is 0 Å². The number of allylic oxidation sites excluding steroid dienone is 8. The minimum Gasteiger partial charge on any atom is -0.344 e. The van der Waals surface area contributed by atoms with Crippen molar-refractivity contribution in [2.24, 2.45) is 5.73 Å². The number of hydrogen-bond acceptors (Lipinski definition) is 3. The van der Waals surface area contributed by atoms with Crippen LogP contribution in [0.15, 0.2) is 48.6 Å². The highest BCUT2D eigenvalue weighted by atomic mass is 16.8. The Kier molecular flexibility index (Phi) is 25.7. The van der Waals surface area contributed by atoms with E-state index in [1.807, 2.05) is 0 Å². The summed E-state index contributed by atoms with van der Waals surface area (Å²) in [6.45, 7) is 4.54. The first-order valence-electron chi connectivity index (χ1n) is 20.4. The molecule has 0 bridgehead atoms. The van der Waals surface area contributed by atoms with Crippen molar-refractivity contribution in [1.82, 2.24) is 0 Å². The highest BCUT2D eigenvalue weighted by Gasteiger charge is 2.48. The highest BCUT2D eigenvalue weighted by molar-refractivity contribution is 4.94. The second-order valence-electron chi connectivity index (χ2n) is 14.5. The molecule has 46 heavy (non-hydrogen) atoms. The van der Waals surface area contributed by atoms with Crippen molar-refractivity contribution in [2.45, 2.75) is 224 Å². The smallest absolute Gasteiger partial charge is 0.169 e. The third-order valence-corrected chi connectivity index (χ3v) is 10.0. The quantitative estimate of drug-likeness (QED) is 0.0628. The van der Waals surface area contributed by atoms with E-state index in [0.29, 0.717) is 0 Å². The molecule has 2 N–H and O–H groups in total. The van der Waals surface area contributed by atoms with Gasteiger partial charge in [0.15, 0.2) is 5.79 Å². The van der Waals surface area contributed by atoms with Crippen LogP contribution in [0.5, 0.6) is 0 Å². The molecule has 1 saturated carbocycles. The zero-order chi connectivity index (χ0) is 32.8. The van der Waals surface area contributed by atoms with Gasteiger partial charge in [-0.05, 0) is 96.3 Å². The number of unbranched alkanes of at least 4 members (excludes halogenated alkanes) is 18. The fourth-order valence-electron chi connectivity index (χ4n) is 7.10. The average molecular weight is 640 g/mol. The van der Waals surface area contributed by atoms with Gasteiger partial charge in [0.25, 0.3) is 0 Å². The van der Waals surface area contributed by atoms with Crippen LogP contribution < -0.4 is 5.73 Å². The molecule has 0 spiro atoms. The molecule has 2 fully saturated rings. The van der Waals surface area contributed by atoms with Crippen LogP contribution in [0, 0.1) is 0 Å². The predicted molar refractivity (Wildman–Crippen MR) is 202 cm³/mol. The molecular weight excluding hydrogens is 562 g/mol. The van der Waals surface area contributed by atoms with Gasteiger partial charge in [-0.1, -0.05) is 140 Å². The van der Waals surface area contributed by atoms with Crippen LogP contribution in [-0.2, 0) is 9.47 Å². The normalized spacial score (nSPS) is 21.5. The van der Waals surface area contributed by atoms with Crippen molar-refractivity contribution in [3.05, 3.63) is 48.6 Å². The second kappa shape index (κ2) is 28.8. The molecule has 0 aromatic rings. The number of hydrogen-bond donors (Lipinski definition) is 1. The monoisotopic (exact) mass is 640 g/mol. The van der Waals surface area contributed by atoms with Crippen molar-refractivity contribution in [3.63, 3.8) is 0 Å². The minimum absolute atomic E-state index is 0.220. The van der Waals surface area contributed by atoms with Gasteiger partial charge in [0.05, 0.1) is 12.2 Å². The molecule has 0 radical (unpaired) electrons. The standard InChI is InChI=1S/C43H77NO2/c1-3-5-7-9-11-13-15-17-19-21-23-25-27-29-31-33-37-43(45-41-36-35-40(44)39-42(41)46-43)38-34-32-30-28-26-24-22-20-18-16-14-12-10-8-6-4-2/h11-14,17-20,40-42H,3-10,15-16,21-39,44H2,1-2H3/b13-11-,14-12-,19-17-,20-18-/t40-,41+,42-/m0/s1. The van der Waals surface area contributed by atoms with Gasteiger partial charge < -0.3 is 15.2 Å². The molecule has 2 rings (SSSR count). The molecule has 0 aromatic carbocycles. The van der Waals surface area contributed by atoms with Gasteiger partial charge in [0, 0.05) is 18.9 Å². The number of nitrogens with two attached hydrogens (primary N) is 1. The van der Waals surface area contributed by atoms with Crippen molar-refractivity contribution < 1.29 is 9.47 Å². The molecule has 1 aliphatic carbocycles. The molecular formula is C43H77NO2. The van der Waals surface area contributed by atoms with Gasteiger partial charge in [-0.3, -0.25) is 0 Å². The largest absolute Gasteiger partial charge is 0.344 e. The van der Waals surface area contributed by atoms with Crippen molar-refractivity contribution in [2.75, 3.05) is 0 Å².